The van der Waals surface area contributed by atoms with Gasteiger partial charge in [0.15, 0.2) is 0 Å². The van der Waals surface area contributed by atoms with Gasteiger partial charge in [-0.05, 0) is 55.5 Å². The molecular formula is C27H32F4N4O4S. The molecule has 2 N–H and O–H groups in total. The molecule has 3 aromatic rings. The second-order valence-corrected chi connectivity index (χ2v) is 12.3. The van der Waals surface area contributed by atoms with Crippen molar-refractivity contribution in [2.75, 3.05) is 18.4 Å². The minimum Gasteiger partial charge on any atom is -0.475 e. The van der Waals surface area contributed by atoms with E-state index in [0.29, 0.717) is 19.6 Å². The van der Waals surface area contributed by atoms with Gasteiger partial charge < -0.3 is 15.0 Å². The van der Waals surface area contributed by atoms with Gasteiger partial charge >= 0.3 is 12.1 Å². The van der Waals surface area contributed by atoms with Crippen LogP contribution >= 0.6 is 0 Å². The highest BCUT2D eigenvalue weighted by Crippen LogP contribution is 2.29. The zero-order valence-electron chi connectivity index (χ0n) is 21.8. The van der Waals surface area contributed by atoms with Crippen LogP contribution in [-0.4, -0.2) is 63.9 Å². The molecule has 8 nitrogen and oxygen atoms in total. The van der Waals surface area contributed by atoms with Crippen molar-refractivity contribution in [3.63, 3.8) is 0 Å². The summed E-state index contributed by atoms with van der Waals surface area (Å²) in [6, 6.07) is 14.7. The Morgan fingerprint density at radius 2 is 1.57 bits per heavy atom. The molecule has 1 saturated carbocycles. The van der Waals surface area contributed by atoms with Crippen LogP contribution in [0, 0.1) is 5.82 Å². The van der Waals surface area contributed by atoms with Gasteiger partial charge in [0.05, 0.1) is 22.8 Å². The van der Waals surface area contributed by atoms with Crippen molar-refractivity contribution in [3.8, 4) is 0 Å². The number of carbonyl (C=O) groups is 1. The molecule has 0 atom stereocenters. The maximum absolute atomic E-state index is 13.4. The highest BCUT2D eigenvalue weighted by Gasteiger charge is 2.38. The Morgan fingerprint density at radius 1 is 0.975 bits per heavy atom. The largest absolute Gasteiger partial charge is 0.490 e. The third-order valence-corrected chi connectivity index (χ3v) is 9.67. The van der Waals surface area contributed by atoms with E-state index in [2.05, 4.69) is 9.88 Å². The number of rotatable bonds is 6. The number of aromatic nitrogens is 2. The van der Waals surface area contributed by atoms with Crippen molar-refractivity contribution in [3.05, 3.63) is 59.9 Å². The number of aliphatic carboxylic acids is 1. The van der Waals surface area contributed by atoms with E-state index in [1.807, 2.05) is 24.3 Å². The number of carboxylic acid groups (broad SMARTS) is 1. The van der Waals surface area contributed by atoms with Gasteiger partial charge in [-0.1, -0.05) is 43.5 Å². The van der Waals surface area contributed by atoms with E-state index in [1.165, 1.54) is 12.1 Å². The zero-order valence-corrected chi connectivity index (χ0v) is 22.6. The Morgan fingerprint density at radius 3 is 2.17 bits per heavy atom. The van der Waals surface area contributed by atoms with Crippen molar-refractivity contribution >= 4 is 33.0 Å². The maximum atomic E-state index is 13.4. The molecule has 5 rings (SSSR count). The first-order chi connectivity index (χ1) is 18.9. The van der Waals surface area contributed by atoms with Crippen LogP contribution < -0.4 is 5.32 Å². The number of sulfonamides is 1. The molecular weight excluding hydrogens is 552 g/mol. The first kappa shape index (κ1) is 29.8. The topological polar surface area (TPSA) is 105 Å². The summed E-state index contributed by atoms with van der Waals surface area (Å²) >= 11 is 0. The Labute approximate surface area is 230 Å². The second-order valence-electron chi connectivity index (χ2n) is 10.1. The van der Waals surface area contributed by atoms with Crippen LogP contribution in [0.15, 0.2) is 48.5 Å². The lowest BCUT2D eigenvalue weighted by Crippen LogP contribution is -2.46. The molecule has 1 aliphatic heterocycles. The van der Waals surface area contributed by atoms with Gasteiger partial charge in [0.25, 0.3) is 0 Å². The Bertz CT molecular complexity index is 1400. The molecule has 0 unspecified atom stereocenters. The molecule has 2 heterocycles. The molecule has 2 aliphatic rings. The summed E-state index contributed by atoms with van der Waals surface area (Å²) in [6.07, 6.45) is 1.22. The molecule has 1 aromatic heterocycles. The fourth-order valence-corrected chi connectivity index (χ4v) is 7.20. The Balaban J connectivity index is 0.000000470. The number of hydrogen-bond acceptors (Lipinski definition) is 5. The predicted molar refractivity (Wildman–Crippen MR) is 143 cm³/mol. The molecule has 0 amide bonds. The smallest absolute Gasteiger partial charge is 0.475 e. The van der Waals surface area contributed by atoms with Crippen LogP contribution in [0.25, 0.3) is 11.0 Å². The summed E-state index contributed by atoms with van der Waals surface area (Å²) in [5.41, 5.74) is 2.91. The summed E-state index contributed by atoms with van der Waals surface area (Å²) < 4.78 is 75.1. The minimum atomic E-state index is -5.08. The molecule has 0 spiro atoms. The summed E-state index contributed by atoms with van der Waals surface area (Å²) in [4.78, 5) is 13.7. The molecule has 40 heavy (non-hydrogen) atoms. The van der Waals surface area contributed by atoms with E-state index < -0.39 is 22.2 Å². The van der Waals surface area contributed by atoms with Crippen molar-refractivity contribution in [2.45, 2.75) is 69.0 Å². The van der Waals surface area contributed by atoms with Crippen LogP contribution in [0.1, 0.15) is 50.5 Å². The standard InChI is InChI=1S/C25H31FN4O2S.C2HF3O2/c26-20-12-10-19(11-13-20)18-30-24-9-5-4-8-23(24)28-25(30)27-21-14-16-29(17-15-21)33(31,32)22-6-2-1-3-7-22;3-2(4,5)1(6)7/h4-5,8-13,21-22H,1-3,6-7,14-18H2,(H,27,28);(H,6,7). The van der Waals surface area contributed by atoms with Crippen LogP contribution in [0.4, 0.5) is 23.5 Å². The molecule has 218 valence electrons. The van der Waals surface area contributed by atoms with Crippen LogP contribution in [0.5, 0.6) is 0 Å². The number of para-hydroxylation sites is 2. The van der Waals surface area contributed by atoms with E-state index in [-0.39, 0.29) is 17.1 Å². The number of nitrogens with one attached hydrogen (secondary N) is 1. The Kier molecular flexibility index (Phi) is 9.34. The average molecular weight is 585 g/mol. The predicted octanol–water partition coefficient (Wildman–Crippen LogP) is 5.40. The monoisotopic (exact) mass is 584 g/mol. The molecule has 13 heteroatoms. The fourth-order valence-electron chi connectivity index (χ4n) is 5.13. The molecule has 0 radical (unpaired) electrons. The van der Waals surface area contributed by atoms with E-state index in [0.717, 1.165) is 67.5 Å². The summed E-state index contributed by atoms with van der Waals surface area (Å²) in [5.74, 6) is -2.23. The van der Waals surface area contributed by atoms with Crippen LogP contribution in [-0.2, 0) is 21.4 Å². The number of anilines is 1. The number of imidazole rings is 1. The number of fused-ring (bicyclic) bond motifs is 1. The van der Waals surface area contributed by atoms with Gasteiger partial charge in [-0.25, -0.2) is 26.9 Å². The SMILES string of the molecule is O=C(O)C(F)(F)F.O=S(=O)(C1CCCCC1)N1CCC(Nc2nc3ccccc3n2Cc2ccc(F)cc2)CC1. The zero-order chi connectivity index (χ0) is 28.9. The van der Waals surface area contributed by atoms with Gasteiger partial charge in [-0.3, -0.25) is 0 Å². The van der Waals surface area contributed by atoms with Crippen LogP contribution in [0.2, 0.25) is 0 Å². The first-order valence-electron chi connectivity index (χ1n) is 13.2. The molecule has 1 aliphatic carbocycles. The number of piperidine rings is 1. The number of benzene rings is 2. The molecule has 1 saturated heterocycles. The molecule has 2 aromatic carbocycles. The number of nitrogens with zero attached hydrogens (tertiary/aromatic N) is 3. The first-order valence-corrected chi connectivity index (χ1v) is 14.7. The average Bonchev–Trinajstić information content (AvgIpc) is 3.27. The highest BCUT2D eigenvalue weighted by atomic mass is 32.2. The summed E-state index contributed by atoms with van der Waals surface area (Å²) in [6.45, 7) is 1.68. The number of hydrogen-bond donors (Lipinski definition) is 2. The lowest BCUT2D eigenvalue weighted by atomic mass is 10.0. The van der Waals surface area contributed by atoms with Gasteiger partial charge in [0.2, 0.25) is 16.0 Å². The number of halogens is 4. The van der Waals surface area contributed by atoms with Gasteiger partial charge in [-0.2, -0.15) is 13.2 Å². The van der Waals surface area contributed by atoms with Crippen molar-refractivity contribution in [1.29, 1.82) is 0 Å². The third-order valence-electron chi connectivity index (χ3n) is 7.27. The third kappa shape index (κ3) is 7.30. The Hall–Kier alpha value is -3.19. The van der Waals surface area contributed by atoms with Crippen LogP contribution in [0.3, 0.4) is 0 Å². The van der Waals surface area contributed by atoms with Gasteiger partial charge in [0.1, 0.15) is 5.82 Å². The van der Waals surface area contributed by atoms with Crippen molar-refractivity contribution in [2.24, 2.45) is 0 Å². The van der Waals surface area contributed by atoms with Gasteiger partial charge in [-0.15, -0.1) is 0 Å². The molecule has 0 bridgehead atoms. The number of carboxylic acids is 1. The van der Waals surface area contributed by atoms with Crippen molar-refractivity contribution in [1.82, 2.24) is 13.9 Å². The summed E-state index contributed by atoms with van der Waals surface area (Å²) in [7, 11) is -3.20. The normalized spacial score (nSPS) is 17.8. The highest BCUT2D eigenvalue weighted by molar-refractivity contribution is 7.89. The van der Waals surface area contributed by atoms with Gasteiger partial charge in [0, 0.05) is 19.1 Å². The van der Waals surface area contributed by atoms with E-state index >= 15 is 0 Å². The quantitative estimate of drug-likeness (QED) is 0.377. The van der Waals surface area contributed by atoms with E-state index in [4.69, 9.17) is 14.9 Å². The maximum Gasteiger partial charge on any atom is 0.490 e. The van der Waals surface area contributed by atoms with E-state index in [1.54, 1.807) is 16.4 Å². The lowest BCUT2D eigenvalue weighted by molar-refractivity contribution is -0.192. The molecule has 2 fully saturated rings. The summed E-state index contributed by atoms with van der Waals surface area (Å²) in [5, 5.41) is 10.5. The van der Waals surface area contributed by atoms with Crippen molar-refractivity contribution < 1.29 is 35.9 Å². The number of alkyl halides is 3. The fraction of sp³-hybridized carbons (Fsp3) is 0.481. The lowest BCUT2D eigenvalue weighted by Gasteiger charge is -2.35. The second kappa shape index (κ2) is 12.5. The minimum absolute atomic E-state index is 0.159. The van der Waals surface area contributed by atoms with E-state index in [9.17, 15) is 26.0 Å².